The lowest BCUT2D eigenvalue weighted by atomic mass is 9.70. The molecule has 0 aliphatic carbocycles. The van der Waals surface area contributed by atoms with Crippen molar-refractivity contribution >= 4 is 0 Å². The second-order valence-electron chi connectivity index (χ2n) is 7.50. The summed E-state index contributed by atoms with van der Waals surface area (Å²) in [6, 6.07) is 1.72. The average molecular weight is 250 g/mol. The normalized spacial score (nSPS) is 53.2. The van der Waals surface area contributed by atoms with Gasteiger partial charge in [0.1, 0.15) is 0 Å². The van der Waals surface area contributed by atoms with Crippen molar-refractivity contribution in [2.45, 2.75) is 57.0 Å². The summed E-state index contributed by atoms with van der Waals surface area (Å²) in [6.07, 6.45) is 10.0. The van der Waals surface area contributed by atoms with Gasteiger partial charge >= 0.3 is 0 Å². The van der Waals surface area contributed by atoms with Gasteiger partial charge < -0.3 is 4.48 Å². The van der Waals surface area contributed by atoms with Crippen LogP contribution in [0.2, 0.25) is 0 Å². The van der Waals surface area contributed by atoms with Crippen molar-refractivity contribution in [3.63, 3.8) is 0 Å². The average Bonchev–Trinajstić information content (AvgIpc) is 2.47. The number of fused-ring (bicyclic) bond motifs is 6. The molecule has 0 N–H and O–H groups in total. The largest absolute Gasteiger partial charge is 0.323 e. The Morgan fingerprint density at radius 3 is 3.00 bits per heavy atom. The molecule has 18 heavy (non-hydrogen) atoms. The molecule has 2 heteroatoms. The third-order valence-electron chi connectivity index (χ3n) is 6.48. The zero-order valence-corrected chi connectivity index (χ0v) is 11.7. The quantitative estimate of drug-likeness (QED) is 0.597. The molecule has 0 saturated carbocycles. The fourth-order valence-electron chi connectivity index (χ4n) is 5.77. The minimum atomic E-state index is 0.657. The Balaban J connectivity index is 1.62. The van der Waals surface area contributed by atoms with Crippen LogP contribution in [0.15, 0.2) is 0 Å². The first kappa shape index (κ1) is 10.7. The summed E-state index contributed by atoms with van der Waals surface area (Å²) in [5.41, 5.74) is 0. The highest BCUT2D eigenvalue weighted by Crippen LogP contribution is 2.45. The van der Waals surface area contributed by atoms with Crippen LogP contribution >= 0.6 is 0 Å². The van der Waals surface area contributed by atoms with Gasteiger partial charge in [0, 0.05) is 24.4 Å². The van der Waals surface area contributed by atoms with E-state index in [1.54, 1.807) is 0 Å². The summed E-state index contributed by atoms with van der Waals surface area (Å²) in [5, 5.41) is 0. The van der Waals surface area contributed by atoms with Crippen LogP contribution in [0.3, 0.4) is 0 Å². The Bertz CT molecular complexity index is 348. The molecule has 4 saturated heterocycles. The molecule has 2 nitrogen and oxygen atoms in total. The van der Waals surface area contributed by atoms with E-state index in [0.717, 1.165) is 23.9 Å². The van der Waals surface area contributed by atoms with Gasteiger partial charge in [0.2, 0.25) is 0 Å². The minimum Gasteiger partial charge on any atom is -0.323 e. The predicted octanol–water partition coefficient (Wildman–Crippen LogP) is 2.49. The summed E-state index contributed by atoms with van der Waals surface area (Å²) < 4.78 is 9.36. The molecule has 4 aliphatic heterocycles. The number of hydrogen-bond donors (Lipinski definition) is 0. The smallest absolute Gasteiger partial charge is 0.0929 e. The van der Waals surface area contributed by atoms with E-state index in [1.807, 2.05) is 0 Å². The maximum absolute atomic E-state index is 8.18. The molecule has 2 bridgehead atoms. The van der Waals surface area contributed by atoms with Crippen LogP contribution in [-0.4, -0.2) is 54.7 Å². The molecule has 4 heterocycles. The summed E-state index contributed by atoms with van der Waals surface area (Å²) >= 11 is 0. The van der Waals surface area contributed by atoms with Crippen LogP contribution in [-0.2, 0) is 0 Å². The summed E-state index contributed by atoms with van der Waals surface area (Å²) in [5.74, 6) is 1.83. The van der Waals surface area contributed by atoms with Crippen molar-refractivity contribution < 1.29 is 5.85 Å². The topological polar surface area (TPSA) is 3.24 Å². The molecule has 4 rings (SSSR count). The molecule has 1 unspecified atom stereocenters. The van der Waals surface area contributed by atoms with Crippen molar-refractivity contribution in [1.29, 1.82) is 0 Å². The van der Waals surface area contributed by atoms with Crippen LogP contribution in [0.25, 0.3) is 0 Å². The van der Waals surface area contributed by atoms with Crippen molar-refractivity contribution in [2.24, 2.45) is 11.8 Å². The van der Waals surface area contributed by atoms with Gasteiger partial charge in [0.15, 0.2) is 0 Å². The highest BCUT2D eigenvalue weighted by Gasteiger charge is 2.53. The van der Waals surface area contributed by atoms with Crippen LogP contribution < -0.4 is 0 Å². The molecule has 0 aromatic heterocycles. The molecule has 0 radical (unpaired) electrons. The fraction of sp³-hybridized carbons (Fsp3) is 1.00. The maximum atomic E-state index is 8.18. The zero-order chi connectivity index (χ0) is 12.9. The van der Waals surface area contributed by atoms with Crippen LogP contribution in [0.1, 0.15) is 46.3 Å². The zero-order valence-electron chi connectivity index (χ0n) is 12.7. The van der Waals surface area contributed by atoms with Crippen molar-refractivity contribution in [2.75, 3.05) is 33.2 Å². The third kappa shape index (κ3) is 1.68. The standard InChI is InChI=1S/C16H29N2/c1-18-9-5-3-7-16(18)13-10-14(12-18)15-6-2-4-8-17(15)11-13/h13-16H,2-12H2,1H3/q+1/t13-,14-,15+,16+,18?/m0/s1/i1D. The summed E-state index contributed by atoms with van der Waals surface area (Å²) in [7, 11) is 0.657. The minimum absolute atomic E-state index is 0.657. The molecule has 4 aliphatic rings. The van der Waals surface area contributed by atoms with Crippen molar-refractivity contribution in [1.82, 2.24) is 4.90 Å². The lowest BCUT2D eigenvalue weighted by molar-refractivity contribution is -0.951. The van der Waals surface area contributed by atoms with E-state index in [9.17, 15) is 0 Å². The van der Waals surface area contributed by atoms with E-state index in [1.165, 1.54) is 75.6 Å². The van der Waals surface area contributed by atoms with Gasteiger partial charge in [-0.3, -0.25) is 4.90 Å². The first-order chi connectivity index (χ1) is 9.32. The molecule has 0 amide bonds. The molecule has 0 aromatic rings. The monoisotopic (exact) mass is 250 g/mol. The Hall–Kier alpha value is -0.0800. The first-order valence-electron chi connectivity index (χ1n) is 8.92. The Morgan fingerprint density at radius 1 is 1.11 bits per heavy atom. The second-order valence-corrected chi connectivity index (χ2v) is 7.50. The van der Waals surface area contributed by atoms with E-state index < -0.39 is 0 Å². The van der Waals surface area contributed by atoms with Crippen molar-refractivity contribution in [3.05, 3.63) is 0 Å². The van der Waals surface area contributed by atoms with Crippen LogP contribution in [0, 0.1) is 11.8 Å². The SMILES string of the molecule is [2H]C[N+]12CCCC[C@@H]1[C@H]1C[C@@H](C2)[C@H]2CCCCN2C1. The van der Waals surface area contributed by atoms with E-state index in [0.29, 0.717) is 7.02 Å². The predicted molar refractivity (Wildman–Crippen MR) is 74.4 cm³/mol. The van der Waals surface area contributed by atoms with Gasteiger partial charge in [0.25, 0.3) is 0 Å². The number of quaternary nitrogens is 1. The number of rotatable bonds is 0. The Kier molecular flexibility index (Phi) is 2.50. The van der Waals surface area contributed by atoms with E-state index in [-0.39, 0.29) is 0 Å². The summed E-state index contributed by atoms with van der Waals surface area (Å²) in [6.45, 7) is 5.39. The Labute approximate surface area is 113 Å². The van der Waals surface area contributed by atoms with Gasteiger partial charge in [-0.25, -0.2) is 0 Å². The maximum Gasteiger partial charge on any atom is 0.0929 e. The highest BCUT2D eigenvalue weighted by molar-refractivity contribution is 4.96. The lowest BCUT2D eigenvalue weighted by Crippen LogP contribution is -2.70. The van der Waals surface area contributed by atoms with Crippen LogP contribution in [0.5, 0.6) is 0 Å². The number of piperidine rings is 4. The molecule has 102 valence electrons. The van der Waals surface area contributed by atoms with Gasteiger partial charge in [-0.1, -0.05) is 6.42 Å². The highest BCUT2D eigenvalue weighted by atomic mass is 15.4. The number of nitrogens with zero attached hydrogens (tertiary/aromatic N) is 2. The van der Waals surface area contributed by atoms with E-state index >= 15 is 0 Å². The first-order valence-corrected chi connectivity index (χ1v) is 8.21. The molecule has 5 atom stereocenters. The molecule has 0 spiro atoms. The van der Waals surface area contributed by atoms with Gasteiger partial charge in [-0.05, 0) is 45.1 Å². The molecular weight excluding hydrogens is 220 g/mol. The summed E-state index contributed by atoms with van der Waals surface area (Å²) in [4.78, 5) is 2.84. The molecule has 0 aromatic carbocycles. The lowest BCUT2D eigenvalue weighted by Gasteiger charge is -2.60. The fourth-order valence-corrected chi connectivity index (χ4v) is 5.77. The number of hydrogen-bond acceptors (Lipinski definition) is 1. The van der Waals surface area contributed by atoms with Gasteiger partial charge in [-0.15, -0.1) is 0 Å². The third-order valence-corrected chi connectivity index (χ3v) is 6.48. The molecular formula is C16H29N2+. The second kappa shape index (κ2) is 4.21. The Morgan fingerprint density at radius 2 is 2.06 bits per heavy atom. The van der Waals surface area contributed by atoms with Gasteiger partial charge in [-0.2, -0.15) is 0 Å². The van der Waals surface area contributed by atoms with E-state index in [4.69, 9.17) is 1.37 Å². The van der Waals surface area contributed by atoms with Gasteiger partial charge in [0.05, 0.1) is 27.5 Å². The van der Waals surface area contributed by atoms with Crippen LogP contribution in [0.4, 0.5) is 0 Å². The van der Waals surface area contributed by atoms with E-state index in [2.05, 4.69) is 4.90 Å². The molecule has 4 fully saturated rings. The van der Waals surface area contributed by atoms with Crippen molar-refractivity contribution in [3.8, 4) is 0 Å².